The molecule has 10 heteroatoms. The number of nitrogens with zero attached hydrogens (tertiary/aromatic N) is 1. The van der Waals surface area contributed by atoms with Gasteiger partial charge >= 0.3 is 5.97 Å². The van der Waals surface area contributed by atoms with Gasteiger partial charge in [-0.15, -0.1) is 0 Å². The minimum absolute atomic E-state index is 0.0185. The number of nitrogens with one attached hydrogen (secondary N) is 1. The van der Waals surface area contributed by atoms with Crippen molar-refractivity contribution >= 4 is 46.7 Å². The zero-order valence-electron chi connectivity index (χ0n) is 20.5. The third-order valence-corrected chi connectivity index (χ3v) is 7.82. The predicted octanol–water partition coefficient (Wildman–Crippen LogP) is 4.53. The van der Waals surface area contributed by atoms with Crippen molar-refractivity contribution in [2.24, 2.45) is 11.8 Å². The molecule has 5 rings (SSSR count). The Bertz CT molecular complexity index is 1430. The van der Waals surface area contributed by atoms with Crippen molar-refractivity contribution in [3.8, 4) is 11.5 Å². The SMILES string of the molecule is COc1ccc([C@@H]2N[C@](Cc3ccccc3)(C(=O)O)[C@H]3C(=O)N(c4ccc(Cl)cc4Cl)C(=O)[C@@H]23)cc1OC. The molecule has 2 saturated heterocycles. The molecule has 2 aliphatic heterocycles. The van der Waals surface area contributed by atoms with Crippen LogP contribution in [0.5, 0.6) is 11.5 Å². The van der Waals surface area contributed by atoms with Crippen LogP contribution in [0.25, 0.3) is 0 Å². The molecule has 0 radical (unpaired) electrons. The molecule has 3 aromatic rings. The number of ether oxygens (including phenoxy) is 2. The third-order valence-electron chi connectivity index (χ3n) is 7.28. The molecule has 4 atom stereocenters. The molecule has 0 saturated carbocycles. The van der Waals surface area contributed by atoms with Crippen molar-refractivity contribution in [2.75, 3.05) is 19.1 Å². The minimum atomic E-state index is -1.77. The second-order valence-corrected chi connectivity index (χ2v) is 10.1. The summed E-state index contributed by atoms with van der Waals surface area (Å²) in [6.45, 7) is 0. The summed E-state index contributed by atoms with van der Waals surface area (Å²) in [6.07, 6.45) is -0.0185. The molecule has 0 spiro atoms. The van der Waals surface area contributed by atoms with Crippen LogP contribution >= 0.6 is 23.2 Å². The van der Waals surface area contributed by atoms with Crippen LogP contribution in [0, 0.1) is 11.8 Å². The molecule has 2 heterocycles. The number of carboxylic acids is 1. The van der Waals surface area contributed by atoms with E-state index in [4.69, 9.17) is 32.7 Å². The number of hydrogen-bond acceptors (Lipinski definition) is 6. The van der Waals surface area contributed by atoms with Crippen LogP contribution < -0.4 is 19.7 Å². The van der Waals surface area contributed by atoms with E-state index in [0.717, 1.165) is 4.90 Å². The summed E-state index contributed by atoms with van der Waals surface area (Å²) in [6, 6.07) is 17.7. The number of carbonyl (C=O) groups is 3. The normalized spacial score (nSPS) is 24.4. The zero-order chi connectivity index (χ0) is 27.2. The maximum Gasteiger partial charge on any atom is 0.325 e. The molecule has 0 aromatic heterocycles. The van der Waals surface area contributed by atoms with Gasteiger partial charge in [0.25, 0.3) is 0 Å². The number of anilines is 1. The number of halogens is 2. The van der Waals surface area contributed by atoms with Gasteiger partial charge < -0.3 is 14.6 Å². The largest absolute Gasteiger partial charge is 0.493 e. The Morgan fingerprint density at radius 1 is 0.974 bits per heavy atom. The van der Waals surface area contributed by atoms with E-state index < -0.39 is 41.2 Å². The van der Waals surface area contributed by atoms with Gasteiger partial charge in [-0.05, 0) is 41.5 Å². The Kier molecular flexibility index (Phi) is 6.81. The molecule has 0 unspecified atom stereocenters. The molecule has 38 heavy (non-hydrogen) atoms. The van der Waals surface area contributed by atoms with Gasteiger partial charge in [0.1, 0.15) is 5.54 Å². The smallest absolute Gasteiger partial charge is 0.325 e. The predicted molar refractivity (Wildman–Crippen MR) is 142 cm³/mol. The fourth-order valence-electron chi connectivity index (χ4n) is 5.59. The molecular weight excluding hydrogens is 531 g/mol. The molecule has 2 amide bonds. The lowest BCUT2D eigenvalue weighted by Crippen LogP contribution is -2.57. The lowest BCUT2D eigenvalue weighted by Gasteiger charge is -2.31. The van der Waals surface area contributed by atoms with E-state index in [1.165, 1.54) is 32.4 Å². The summed E-state index contributed by atoms with van der Waals surface area (Å²) < 4.78 is 10.8. The molecule has 2 N–H and O–H groups in total. The number of hydrogen-bond donors (Lipinski definition) is 2. The summed E-state index contributed by atoms with van der Waals surface area (Å²) in [7, 11) is 2.99. The number of rotatable bonds is 7. The molecule has 8 nitrogen and oxygen atoms in total. The van der Waals surface area contributed by atoms with E-state index in [1.54, 1.807) is 42.5 Å². The molecule has 0 aliphatic carbocycles. The highest BCUT2D eigenvalue weighted by atomic mass is 35.5. The van der Waals surface area contributed by atoms with E-state index in [2.05, 4.69) is 5.32 Å². The summed E-state index contributed by atoms with van der Waals surface area (Å²) in [5, 5.41) is 14.3. The number of carbonyl (C=O) groups excluding carboxylic acids is 2. The second-order valence-electron chi connectivity index (χ2n) is 9.29. The Balaban J connectivity index is 1.68. The van der Waals surface area contributed by atoms with Crippen LogP contribution in [0.4, 0.5) is 5.69 Å². The summed E-state index contributed by atoms with van der Waals surface area (Å²) in [4.78, 5) is 42.0. The number of benzene rings is 3. The first-order valence-electron chi connectivity index (χ1n) is 11.8. The van der Waals surface area contributed by atoms with Crippen molar-refractivity contribution in [1.82, 2.24) is 5.32 Å². The van der Waals surface area contributed by atoms with Crippen molar-refractivity contribution in [3.05, 3.63) is 87.9 Å². The van der Waals surface area contributed by atoms with Gasteiger partial charge in [-0.25, -0.2) is 4.90 Å². The first kappa shape index (κ1) is 26.0. The fourth-order valence-corrected chi connectivity index (χ4v) is 6.08. The van der Waals surface area contributed by atoms with Gasteiger partial charge in [-0.1, -0.05) is 59.6 Å². The van der Waals surface area contributed by atoms with Crippen LogP contribution in [0.2, 0.25) is 10.0 Å². The maximum absolute atomic E-state index is 14.0. The highest BCUT2D eigenvalue weighted by Gasteiger charge is 2.68. The van der Waals surface area contributed by atoms with Gasteiger partial charge in [-0.2, -0.15) is 0 Å². The Hall–Kier alpha value is -3.59. The minimum Gasteiger partial charge on any atom is -0.493 e. The average Bonchev–Trinajstić information content (AvgIpc) is 3.38. The molecule has 2 aliphatic rings. The van der Waals surface area contributed by atoms with Crippen molar-refractivity contribution < 1.29 is 29.0 Å². The zero-order valence-corrected chi connectivity index (χ0v) is 22.0. The Morgan fingerprint density at radius 3 is 2.32 bits per heavy atom. The van der Waals surface area contributed by atoms with Crippen LogP contribution in [-0.2, 0) is 20.8 Å². The highest BCUT2D eigenvalue weighted by molar-refractivity contribution is 6.38. The number of fused-ring (bicyclic) bond motifs is 1. The van der Waals surface area contributed by atoms with Gasteiger partial charge in [0, 0.05) is 17.5 Å². The quantitative estimate of drug-likeness (QED) is 0.413. The number of carboxylic acid groups (broad SMARTS) is 1. The molecule has 3 aromatic carbocycles. The van der Waals surface area contributed by atoms with E-state index in [-0.39, 0.29) is 17.1 Å². The number of imide groups is 1. The van der Waals surface area contributed by atoms with Crippen LogP contribution in [0.15, 0.2) is 66.7 Å². The highest BCUT2D eigenvalue weighted by Crippen LogP contribution is 2.52. The van der Waals surface area contributed by atoms with Crippen LogP contribution in [0.3, 0.4) is 0 Å². The van der Waals surface area contributed by atoms with Gasteiger partial charge in [0.05, 0.1) is 36.8 Å². The van der Waals surface area contributed by atoms with Gasteiger partial charge in [0.15, 0.2) is 11.5 Å². The van der Waals surface area contributed by atoms with Crippen LogP contribution in [0.1, 0.15) is 17.2 Å². The molecular formula is C28H24Cl2N2O6. The van der Waals surface area contributed by atoms with E-state index in [0.29, 0.717) is 27.6 Å². The number of methoxy groups -OCH3 is 2. The standard InChI is InChI=1S/C28H24Cl2N2O6/c1-37-20-11-8-16(12-21(20)38-2)24-22-23(28(31-24,27(35)36)14-15-6-4-3-5-7-15)26(34)32(25(22)33)19-10-9-17(29)13-18(19)30/h3-13,22-24,31H,14H2,1-2H3,(H,35,36)/t22-,23-,24+,28+/m1/s1. The summed E-state index contributed by atoms with van der Waals surface area (Å²) >= 11 is 12.4. The molecule has 196 valence electrons. The van der Waals surface area contributed by atoms with E-state index >= 15 is 0 Å². The number of amides is 2. The average molecular weight is 555 g/mol. The van der Waals surface area contributed by atoms with Gasteiger partial charge in [0.2, 0.25) is 11.8 Å². The summed E-state index contributed by atoms with van der Waals surface area (Å²) in [5.74, 6) is -3.77. The fraction of sp³-hybridized carbons (Fsp3) is 0.250. The Morgan fingerprint density at radius 2 is 1.68 bits per heavy atom. The van der Waals surface area contributed by atoms with Crippen molar-refractivity contribution in [2.45, 2.75) is 18.0 Å². The lowest BCUT2D eigenvalue weighted by molar-refractivity contribution is -0.148. The second kappa shape index (κ2) is 9.94. The lowest BCUT2D eigenvalue weighted by atomic mass is 9.76. The van der Waals surface area contributed by atoms with Crippen LogP contribution in [-0.4, -0.2) is 42.6 Å². The van der Waals surface area contributed by atoms with Crippen molar-refractivity contribution in [1.29, 1.82) is 0 Å². The number of aliphatic carboxylic acids is 1. The van der Waals surface area contributed by atoms with Crippen molar-refractivity contribution in [3.63, 3.8) is 0 Å². The first-order chi connectivity index (χ1) is 18.2. The van der Waals surface area contributed by atoms with E-state index in [1.807, 2.05) is 6.07 Å². The van der Waals surface area contributed by atoms with E-state index in [9.17, 15) is 19.5 Å². The topological polar surface area (TPSA) is 105 Å². The molecule has 0 bridgehead atoms. The first-order valence-corrected chi connectivity index (χ1v) is 12.6. The van der Waals surface area contributed by atoms with Gasteiger partial charge in [-0.3, -0.25) is 19.7 Å². The maximum atomic E-state index is 14.0. The summed E-state index contributed by atoms with van der Waals surface area (Å²) in [5.41, 5.74) is -0.327. The molecule has 2 fully saturated rings. The monoisotopic (exact) mass is 554 g/mol. The third kappa shape index (κ3) is 4.09. The Labute approximate surface area is 229 Å².